The molecule has 0 aliphatic rings. The Hall–Kier alpha value is -1.27. The molecule has 0 spiro atoms. The molecule has 21 heavy (non-hydrogen) atoms. The Kier molecular flexibility index (Phi) is 5.64. The minimum Gasteiger partial charge on any atom is -0.497 e. The summed E-state index contributed by atoms with van der Waals surface area (Å²) in [5.41, 5.74) is 6.72. The summed E-state index contributed by atoms with van der Waals surface area (Å²) in [5.74, 6) is 1.17. The van der Waals surface area contributed by atoms with Gasteiger partial charge in [0, 0.05) is 17.7 Å². The fourth-order valence-electron chi connectivity index (χ4n) is 1.71. The molecule has 0 aromatic heterocycles. The van der Waals surface area contributed by atoms with Gasteiger partial charge in [-0.3, -0.25) is 0 Å². The molecule has 0 aliphatic carbocycles. The van der Waals surface area contributed by atoms with Crippen LogP contribution in [0.3, 0.4) is 0 Å². The topological polar surface area (TPSA) is 78.6 Å². The molecule has 1 aromatic carbocycles. The van der Waals surface area contributed by atoms with Crippen LogP contribution in [0, 0.1) is 0 Å². The first-order valence-electron chi connectivity index (χ1n) is 6.87. The van der Waals surface area contributed by atoms with Crippen LogP contribution in [0.5, 0.6) is 11.5 Å². The number of sulfone groups is 1. The van der Waals surface area contributed by atoms with E-state index in [1.165, 1.54) is 0 Å². The van der Waals surface area contributed by atoms with Crippen LogP contribution in [0.2, 0.25) is 0 Å². The quantitative estimate of drug-likeness (QED) is 0.871. The van der Waals surface area contributed by atoms with E-state index in [1.807, 2.05) is 13.0 Å². The van der Waals surface area contributed by atoms with Crippen molar-refractivity contribution in [1.82, 2.24) is 0 Å². The highest BCUT2D eigenvalue weighted by atomic mass is 32.2. The van der Waals surface area contributed by atoms with Crippen molar-refractivity contribution < 1.29 is 17.9 Å². The summed E-state index contributed by atoms with van der Waals surface area (Å²) in [6.45, 7) is 6.98. The Bertz CT molecular complexity index is 574. The Morgan fingerprint density at radius 2 is 1.90 bits per heavy atom. The second kappa shape index (κ2) is 6.66. The van der Waals surface area contributed by atoms with Crippen LogP contribution in [0.15, 0.2) is 18.2 Å². The molecule has 0 aliphatic heterocycles. The molecule has 0 amide bonds. The highest BCUT2D eigenvalue weighted by molar-refractivity contribution is 7.92. The Morgan fingerprint density at radius 1 is 1.29 bits per heavy atom. The van der Waals surface area contributed by atoms with E-state index in [2.05, 4.69) is 0 Å². The Balaban J connectivity index is 2.84. The third-order valence-electron chi connectivity index (χ3n) is 3.25. The van der Waals surface area contributed by atoms with Gasteiger partial charge in [0.2, 0.25) is 0 Å². The van der Waals surface area contributed by atoms with Crippen molar-refractivity contribution in [3.8, 4) is 11.5 Å². The highest BCUT2D eigenvalue weighted by Gasteiger charge is 2.28. The number of hydrogen-bond acceptors (Lipinski definition) is 5. The van der Waals surface area contributed by atoms with Gasteiger partial charge in [0.1, 0.15) is 18.1 Å². The third-order valence-corrected chi connectivity index (χ3v) is 5.82. The van der Waals surface area contributed by atoms with E-state index in [-0.39, 0.29) is 18.4 Å². The average molecular weight is 315 g/mol. The molecule has 0 bridgehead atoms. The van der Waals surface area contributed by atoms with E-state index in [0.717, 1.165) is 5.56 Å². The molecule has 1 rings (SSSR count). The maximum atomic E-state index is 12.1. The van der Waals surface area contributed by atoms with E-state index < -0.39 is 14.6 Å². The first-order chi connectivity index (χ1) is 9.58. The Morgan fingerprint density at radius 3 is 2.38 bits per heavy atom. The van der Waals surface area contributed by atoms with Gasteiger partial charge in [-0.1, -0.05) is 6.07 Å². The molecule has 6 heteroatoms. The van der Waals surface area contributed by atoms with Crippen molar-refractivity contribution >= 4 is 9.84 Å². The first kappa shape index (κ1) is 17.8. The lowest BCUT2D eigenvalue weighted by Crippen LogP contribution is -2.32. The Labute approximate surface area is 127 Å². The lowest BCUT2D eigenvalue weighted by Gasteiger charge is -2.20. The van der Waals surface area contributed by atoms with Gasteiger partial charge in [0.05, 0.1) is 17.6 Å². The van der Waals surface area contributed by atoms with Gasteiger partial charge in [0.15, 0.2) is 9.84 Å². The number of rotatable bonds is 6. The maximum absolute atomic E-state index is 12.1. The zero-order chi connectivity index (χ0) is 16.3. The van der Waals surface area contributed by atoms with Crippen molar-refractivity contribution in [2.45, 2.75) is 38.5 Å². The van der Waals surface area contributed by atoms with Crippen molar-refractivity contribution in [2.75, 3.05) is 19.5 Å². The van der Waals surface area contributed by atoms with Gasteiger partial charge >= 0.3 is 0 Å². The summed E-state index contributed by atoms with van der Waals surface area (Å²) >= 11 is 0. The predicted molar refractivity (Wildman–Crippen MR) is 84.6 cm³/mol. The van der Waals surface area contributed by atoms with E-state index in [1.54, 1.807) is 40.0 Å². The first-order valence-corrected chi connectivity index (χ1v) is 8.52. The largest absolute Gasteiger partial charge is 0.497 e. The van der Waals surface area contributed by atoms with Crippen molar-refractivity contribution in [3.63, 3.8) is 0 Å². The van der Waals surface area contributed by atoms with Gasteiger partial charge in [-0.25, -0.2) is 8.42 Å². The molecule has 0 fully saturated rings. The average Bonchev–Trinajstić information content (AvgIpc) is 2.36. The molecule has 1 aromatic rings. The molecule has 5 nitrogen and oxygen atoms in total. The molecule has 0 saturated heterocycles. The third kappa shape index (κ3) is 4.61. The summed E-state index contributed by atoms with van der Waals surface area (Å²) < 4.78 is 34.1. The van der Waals surface area contributed by atoms with Gasteiger partial charge in [-0.15, -0.1) is 0 Å². The number of hydrogen-bond donors (Lipinski definition) is 1. The molecule has 1 atom stereocenters. The summed E-state index contributed by atoms with van der Waals surface area (Å²) in [4.78, 5) is 0. The lowest BCUT2D eigenvalue weighted by molar-refractivity contribution is 0.330. The van der Waals surface area contributed by atoms with E-state index in [0.29, 0.717) is 11.5 Å². The lowest BCUT2D eigenvalue weighted by atomic mass is 10.1. The second-order valence-corrected chi connectivity index (χ2v) is 8.83. The van der Waals surface area contributed by atoms with Crippen LogP contribution < -0.4 is 15.2 Å². The zero-order valence-electron chi connectivity index (χ0n) is 13.3. The van der Waals surface area contributed by atoms with Crippen LogP contribution in [0.1, 0.15) is 39.3 Å². The van der Waals surface area contributed by atoms with E-state index >= 15 is 0 Å². The van der Waals surface area contributed by atoms with E-state index in [4.69, 9.17) is 15.2 Å². The van der Waals surface area contributed by atoms with Gasteiger partial charge in [0.25, 0.3) is 0 Å². The maximum Gasteiger partial charge on any atom is 0.158 e. The summed E-state index contributed by atoms with van der Waals surface area (Å²) in [7, 11) is -1.64. The molecule has 0 unspecified atom stereocenters. The minimum absolute atomic E-state index is 0.0356. The van der Waals surface area contributed by atoms with Crippen LogP contribution >= 0.6 is 0 Å². The number of benzene rings is 1. The van der Waals surface area contributed by atoms with Crippen molar-refractivity contribution in [2.24, 2.45) is 5.73 Å². The van der Waals surface area contributed by atoms with Crippen molar-refractivity contribution in [1.29, 1.82) is 0 Å². The van der Waals surface area contributed by atoms with Gasteiger partial charge in [-0.05, 0) is 33.8 Å². The minimum atomic E-state index is -3.20. The summed E-state index contributed by atoms with van der Waals surface area (Å²) in [6.07, 6.45) is 0. The molecule has 2 N–H and O–H groups in total. The van der Waals surface area contributed by atoms with Crippen LogP contribution in [-0.2, 0) is 9.84 Å². The van der Waals surface area contributed by atoms with E-state index in [9.17, 15) is 8.42 Å². The fraction of sp³-hybridized carbons (Fsp3) is 0.600. The van der Waals surface area contributed by atoms with Gasteiger partial charge < -0.3 is 15.2 Å². The van der Waals surface area contributed by atoms with Crippen LogP contribution in [0.25, 0.3) is 0 Å². The van der Waals surface area contributed by atoms with Crippen molar-refractivity contribution in [3.05, 3.63) is 23.8 Å². The fourth-order valence-corrected chi connectivity index (χ4v) is 2.63. The summed E-state index contributed by atoms with van der Waals surface area (Å²) in [6, 6.07) is 5.15. The number of ether oxygens (including phenoxy) is 2. The normalized spacial score (nSPS) is 13.8. The SMILES string of the molecule is COc1ccc([C@H](C)N)c(OCCS(=O)(=O)C(C)(C)C)c1. The molecule has 0 radical (unpaired) electrons. The van der Waals surface area contributed by atoms with Crippen LogP contribution in [0.4, 0.5) is 0 Å². The highest BCUT2D eigenvalue weighted by Crippen LogP contribution is 2.28. The number of methoxy groups -OCH3 is 1. The monoisotopic (exact) mass is 315 g/mol. The summed E-state index contributed by atoms with van der Waals surface area (Å²) in [5, 5.41) is 0. The van der Waals surface area contributed by atoms with Gasteiger partial charge in [-0.2, -0.15) is 0 Å². The molecule has 0 heterocycles. The zero-order valence-corrected chi connectivity index (χ0v) is 14.2. The second-order valence-electron chi connectivity index (χ2n) is 5.97. The standard InChI is InChI=1S/C15H25NO4S/c1-11(16)13-7-6-12(19-5)10-14(13)20-8-9-21(17,18)15(2,3)4/h6-7,10-11H,8-9,16H2,1-5H3/t11-/m0/s1. The predicted octanol–water partition coefficient (Wildman–Crippen LogP) is 2.31. The number of nitrogens with two attached hydrogens (primary N) is 1. The molecule has 0 saturated carbocycles. The smallest absolute Gasteiger partial charge is 0.158 e. The molecular formula is C15H25NO4S. The molecule has 120 valence electrons. The van der Waals surface area contributed by atoms with Crippen LogP contribution in [-0.4, -0.2) is 32.6 Å². The molecular weight excluding hydrogens is 290 g/mol.